The first-order valence-electron chi connectivity index (χ1n) is 8.37. The maximum Gasteiger partial charge on any atom is 0.262 e. The van der Waals surface area contributed by atoms with Gasteiger partial charge in [-0.05, 0) is 18.1 Å². The fraction of sp³-hybridized carbons (Fsp3) is 0.412. The quantitative estimate of drug-likeness (QED) is 0.794. The molecule has 0 spiro atoms. The second-order valence-electron chi connectivity index (χ2n) is 6.28. The van der Waals surface area contributed by atoms with Crippen LogP contribution in [0.15, 0.2) is 41.8 Å². The highest BCUT2D eigenvalue weighted by atomic mass is 32.2. The molecule has 1 fully saturated rings. The zero-order chi connectivity index (χ0) is 18.7. The third-order valence-corrected chi connectivity index (χ3v) is 6.18. The molecule has 0 bridgehead atoms. The van der Waals surface area contributed by atoms with Crippen molar-refractivity contribution in [1.29, 1.82) is 0 Å². The number of carbonyl (C=O) groups excluding carboxylic acids is 1. The molecule has 0 N–H and O–H groups in total. The number of amides is 1. The lowest BCUT2D eigenvalue weighted by atomic mass is 10.1. The Hall–Kier alpha value is -2.26. The van der Waals surface area contributed by atoms with Crippen LogP contribution in [0.4, 0.5) is 4.39 Å². The molecule has 26 heavy (non-hydrogen) atoms. The Bertz CT molecular complexity index is 897. The van der Waals surface area contributed by atoms with Crippen LogP contribution in [0.1, 0.15) is 12.0 Å². The van der Waals surface area contributed by atoms with Crippen LogP contribution in [0, 0.1) is 5.82 Å². The Labute approximate surface area is 152 Å². The minimum atomic E-state index is -3.68. The molecule has 1 amide bonds. The van der Waals surface area contributed by atoms with Crippen molar-refractivity contribution in [1.82, 2.24) is 18.8 Å². The summed E-state index contributed by atoms with van der Waals surface area (Å²) in [7, 11) is -1.97. The maximum absolute atomic E-state index is 13.7. The Morgan fingerprint density at radius 2 is 1.96 bits per heavy atom. The molecule has 1 aliphatic rings. The van der Waals surface area contributed by atoms with Gasteiger partial charge in [0.1, 0.15) is 5.82 Å². The lowest BCUT2D eigenvalue weighted by molar-refractivity contribution is -0.130. The summed E-state index contributed by atoms with van der Waals surface area (Å²) in [5, 5.41) is 0.00568. The number of imidazole rings is 1. The highest BCUT2D eigenvalue weighted by Gasteiger charge is 2.29. The van der Waals surface area contributed by atoms with Gasteiger partial charge in [0.15, 0.2) is 5.03 Å². The highest BCUT2D eigenvalue weighted by Crippen LogP contribution is 2.17. The Kier molecular flexibility index (Phi) is 5.38. The van der Waals surface area contributed by atoms with Crippen molar-refractivity contribution < 1.29 is 17.6 Å². The van der Waals surface area contributed by atoms with Crippen LogP contribution in [-0.2, 0) is 28.3 Å². The van der Waals surface area contributed by atoms with E-state index in [1.807, 2.05) is 0 Å². The van der Waals surface area contributed by atoms with E-state index in [1.54, 1.807) is 34.7 Å². The number of hydrogen-bond acceptors (Lipinski definition) is 4. The van der Waals surface area contributed by atoms with Crippen molar-refractivity contribution in [3.63, 3.8) is 0 Å². The van der Waals surface area contributed by atoms with Crippen molar-refractivity contribution in [3.8, 4) is 0 Å². The molecule has 1 aromatic carbocycles. The standard InChI is InChI=1S/C17H21FN4O3S/c1-20-12-16(19-13-20)26(24,25)22-8-4-7-21(9-10-22)17(23)11-14-5-2-3-6-15(14)18/h2-3,5-6,12-13H,4,7-11H2,1H3. The van der Waals surface area contributed by atoms with E-state index in [2.05, 4.69) is 4.98 Å². The summed E-state index contributed by atoms with van der Waals surface area (Å²) in [4.78, 5) is 18.0. The summed E-state index contributed by atoms with van der Waals surface area (Å²) in [6.45, 7) is 1.24. The summed E-state index contributed by atoms with van der Waals surface area (Å²) >= 11 is 0. The predicted octanol–water partition coefficient (Wildman–Crippen LogP) is 1.02. The first-order valence-corrected chi connectivity index (χ1v) is 9.81. The molecular formula is C17H21FN4O3S. The second kappa shape index (κ2) is 7.55. The minimum Gasteiger partial charge on any atom is -0.341 e. The molecule has 1 aliphatic heterocycles. The minimum absolute atomic E-state index is 0.00568. The first-order chi connectivity index (χ1) is 12.4. The molecule has 0 unspecified atom stereocenters. The summed E-state index contributed by atoms with van der Waals surface area (Å²) in [6, 6.07) is 6.18. The number of carbonyl (C=O) groups is 1. The summed E-state index contributed by atoms with van der Waals surface area (Å²) in [5.74, 6) is -0.609. The molecule has 0 aliphatic carbocycles. The van der Waals surface area contributed by atoms with E-state index in [-0.39, 0.29) is 30.4 Å². The largest absolute Gasteiger partial charge is 0.341 e. The van der Waals surface area contributed by atoms with Crippen LogP contribution < -0.4 is 0 Å². The van der Waals surface area contributed by atoms with E-state index in [1.165, 1.54) is 22.9 Å². The Morgan fingerprint density at radius 1 is 1.19 bits per heavy atom. The molecule has 2 aromatic rings. The van der Waals surface area contributed by atoms with Gasteiger partial charge in [-0.1, -0.05) is 18.2 Å². The number of rotatable bonds is 4. The first kappa shape index (κ1) is 18.5. The van der Waals surface area contributed by atoms with E-state index < -0.39 is 15.8 Å². The number of hydrogen-bond donors (Lipinski definition) is 0. The van der Waals surface area contributed by atoms with E-state index >= 15 is 0 Å². The van der Waals surface area contributed by atoms with Crippen LogP contribution in [-0.4, -0.2) is 59.3 Å². The van der Waals surface area contributed by atoms with Crippen molar-refractivity contribution >= 4 is 15.9 Å². The third kappa shape index (κ3) is 3.94. The van der Waals surface area contributed by atoms with E-state index in [0.29, 0.717) is 25.1 Å². The molecule has 7 nitrogen and oxygen atoms in total. The third-order valence-electron chi connectivity index (χ3n) is 4.39. The van der Waals surface area contributed by atoms with Crippen molar-refractivity contribution in [3.05, 3.63) is 48.2 Å². The van der Waals surface area contributed by atoms with Gasteiger partial charge >= 0.3 is 0 Å². The zero-order valence-electron chi connectivity index (χ0n) is 14.5. The number of halogens is 1. The molecule has 9 heteroatoms. The number of nitrogens with zero attached hydrogens (tertiary/aromatic N) is 4. The van der Waals surface area contributed by atoms with Gasteiger partial charge in [-0.25, -0.2) is 17.8 Å². The monoisotopic (exact) mass is 380 g/mol. The lowest BCUT2D eigenvalue weighted by Crippen LogP contribution is -2.38. The van der Waals surface area contributed by atoms with Gasteiger partial charge in [0, 0.05) is 39.4 Å². The number of benzene rings is 1. The molecule has 3 rings (SSSR count). The molecule has 0 radical (unpaired) electrons. The fourth-order valence-corrected chi connectivity index (χ4v) is 4.39. The molecule has 2 heterocycles. The number of sulfonamides is 1. The molecular weight excluding hydrogens is 359 g/mol. The van der Waals surface area contributed by atoms with Crippen LogP contribution in [0.5, 0.6) is 0 Å². The van der Waals surface area contributed by atoms with E-state index in [4.69, 9.17) is 0 Å². The van der Waals surface area contributed by atoms with Gasteiger partial charge in [0.05, 0.1) is 12.7 Å². The number of aryl methyl sites for hydroxylation is 1. The second-order valence-corrected chi connectivity index (χ2v) is 8.17. The summed E-state index contributed by atoms with van der Waals surface area (Å²) < 4.78 is 42.0. The SMILES string of the molecule is Cn1cnc(S(=O)(=O)N2CCCN(C(=O)Cc3ccccc3F)CC2)c1. The van der Waals surface area contributed by atoms with E-state index in [0.717, 1.165) is 0 Å². The predicted molar refractivity (Wildman–Crippen MR) is 93.3 cm³/mol. The van der Waals surface area contributed by atoms with Crippen molar-refractivity contribution in [2.75, 3.05) is 26.2 Å². The van der Waals surface area contributed by atoms with Gasteiger partial charge in [-0.3, -0.25) is 4.79 Å². The van der Waals surface area contributed by atoms with Crippen molar-refractivity contribution in [2.45, 2.75) is 17.9 Å². The fourth-order valence-electron chi connectivity index (χ4n) is 2.95. The highest BCUT2D eigenvalue weighted by molar-refractivity contribution is 7.89. The Morgan fingerprint density at radius 3 is 2.65 bits per heavy atom. The van der Waals surface area contributed by atoms with Gasteiger partial charge < -0.3 is 9.47 Å². The lowest BCUT2D eigenvalue weighted by Gasteiger charge is -2.21. The average Bonchev–Trinajstić information content (AvgIpc) is 2.90. The van der Waals surface area contributed by atoms with Gasteiger partial charge in [-0.15, -0.1) is 0 Å². The average molecular weight is 380 g/mol. The van der Waals surface area contributed by atoms with Gasteiger partial charge in [0.25, 0.3) is 10.0 Å². The van der Waals surface area contributed by atoms with Crippen LogP contribution in [0.2, 0.25) is 0 Å². The number of aromatic nitrogens is 2. The molecule has 0 saturated carbocycles. The van der Waals surface area contributed by atoms with E-state index in [9.17, 15) is 17.6 Å². The van der Waals surface area contributed by atoms with Crippen molar-refractivity contribution in [2.24, 2.45) is 7.05 Å². The molecule has 1 aromatic heterocycles. The summed E-state index contributed by atoms with van der Waals surface area (Å²) in [5.41, 5.74) is 0.347. The smallest absolute Gasteiger partial charge is 0.262 e. The molecule has 1 saturated heterocycles. The molecule has 140 valence electrons. The van der Waals surface area contributed by atoms with Crippen LogP contribution in [0.25, 0.3) is 0 Å². The normalized spacial score (nSPS) is 16.5. The zero-order valence-corrected chi connectivity index (χ0v) is 15.3. The van der Waals surface area contributed by atoms with Gasteiger partial charge in [0.2, 0.25) is 5.91 Å². The molecule has 0 atom stereocenters. The summed E-state index contributed by atoms with van der Waals surface area (Å²) in [6.07, 6.45) is 3.39. The van der Waals surface area contributed by atoms with Crippen LogP contribution >= 0.6 is 0 Å². The Balaban J connectivity index is 1.66. The maximum atomic E-state index is 13.7. The van der Waals surface area contributed by atoms with Gasteiger partial charge in [-0.2, -0.15) is 4.31 Å². The topological polar surface area (TPSA) is 75.5 Å². The van der Waals surface area contributed by atoms with Crippen LogP contribution in [0.3, 0.4) is 0 Å².